The van der Waals surface area contributed by atoms with E-state index in [4.69, 9.17) is 0 Å². The molecule has 0 fully saturated rings. The fraction of sp³-hybridized carbons (Fsp3) is 1.00. The number of rotatable bonds is 3. The van der Waals surface area contributed by atoms with Crippen molar-refractivity contribution in [2.24, 2.45) is 5.41 Å². The minimum absolute atomic E-state index is 0.400. The predicted octanol–water partition coefficient (Wildman–Crippen LogP) is 1.35. The van der Waals surface area contributed by atoms with Gasteiger partial charge in [0.25, 0.3) is 10.1 Å². The van der Waals surface area contributed by atoms with Crippen LogP contribution in [0, 0.1) is 5.41 Å². The molecule has 12 heavy (non-hydrogen) atoms. The van der Waals surface area contributed by atoms with Crippen LogP contribution >= 0.6 is 0 Å². The van der Waals surface area contributed by atoms with Crippen molar-refractivity contribution in [1.82, 2.24) is 0 Å². The van der Waals surface area contributed by atoms with Crippen molar-refractivity contribution in [3.8, 4) is 0 Å². The van der Waals surface area contributed by atoms with Crippen LogP contribution in [-0.2, 0) is 14.3 Å². The molecule has 0 aliphatic heterocycles. The molecule has 0 rings (SSSR count). The summed E-state index contributed by atoms with van der Waals surface area (Å²) in [5, 5.41) is 0. The Morgan fingerprint density at radius 1 is 1.42 bits per heavy atom. The molecule has 1 atom stereocenters. The lowest BCUT2D eigenvalue weighted by molar-refractivity contribution is 0.102. The maximum Gasteiger partial charge on any atom is 0.264 e. The minimum Gasteiger partial charge on any atom is -0.267 e. The summed E-state index contributed by atoms with van der Waals surface area (Å²) in [6.07, 6.45) is -0.366. The molecule has 0 aromatic heterocycles. The third-order valence-corrected chi connectivity index (χ3v) is 1.93. The largest absolute Gasteiger partial charge is 0.267 e. The van der Waals surface area contributed by atoms with Gasteiger partial charge in [0.2, 0.25) is 0 Å². The number of alkyl halides is 1. The molecule has 0 bridgehead atoms. The Hall–Kier alpha value is -0.160. The summed E-state index contributed by atoms with van der Waals surface area (Å²) in [6.45, 7) is 4.65. The van der Waals surface area contributed by atoms with Gasteiger partial charge in [-0.05, 0) is 5.41 Å². The third-order valence-electron chi connectivity index (χ3n) is 1.37. The van der Waals surface area contributed by atoms with Crippen molar-refractivity contribution < 1.29 is 17.0 Å². The van der Waals surface area contributed by atoms with Gasteiger partial charge in [0.1, 0.15) is 6.17 Å². The Morgan fingerprint density at radius 2 is 1.83 bits per heavy atom. The van der Waals surface area contributed by atoms with Crippen LogP contribution < -0.4 is 0 Å². The molecule has 0 saturated heterocycles. The predicted molar refractivity (Wildman–Crippen MR) is 45.1 cm³/mol. The lowest BCUT2D eigenvalue weighted by Gasteiger charge is -2.22. The zero-order valence-corrected chi connectivity index (χ0v) is 8.61. The summed E-state index contributed by atoms with van der Waals surface area (Å²) in [5.41, 5.74) is -0.579. The highest BCUT2D eigenvalue weighted by Gasteiger charge is 2.25. The Kier molecular flexibility index (Phi) is 3.65. The molecule has 0 amide bonds. The van der Waals surface area contributed by atoms with E-state index in [1.165, 1.54) is 0 Å². The first kappa shape index (κ1) is 11.8. The molecule has 74 valence electrons. The van der Waals surface area contributed by atoms with Crippen molar-refractivity contribution in [3.05, 3.63) is 0 Å². The van der Waals surface area contributed by atoms with E-state index in [0.717, 1.165) is 6.26 Å². The van der Waals surface area contributed by atoms with E-state index in [1.807, 2.05) is 0 Å². The van der Waals surface area contributed by atoms with Crippen molar-refractivity contribution in [3.63, 3.8) is 0 Å². The lowest BCUT2D eigenvalue weighted by atomic mass is 9.91. The third kappa shape index (κ3) is 5.49. The van der Waals surface area contributed by atoms with Crippen LogP contribution in [0.4, 0.5) is 4.39 Å². The molecule has 0 aliphatic rings. The SMILES string of the molecule is CC(C)(C)C(F)COS(C)(=O)=O. The van der Waals surface area contributed by atoms with Gasteiger partial charge in [-0.15, -0.1) is 0 Å². The van der Waals surface area contributed by atoms with E-state index in [1.54, 1.807) is 20.8 Å². The summed E-state index contributed by atoms with van der Waals surface area (Å²) >= 11 is 0. The van der Waals surface area contributed by atoms with Gasteiger partial charge in [0.05, 0.1) is 12.9 Å². The van der Waals surface area contributed by atoms with Crippen LogP contribution in [0.25, 0.3) is 0 Å². The molecular formula is C7H15FO3S. The number of hydrogen-bond acceptors (Lipinski definition) is 3. The monoisotopic (exact) mass is 198 g/mol. The van der Waals surface area contributed by atoms with Gasteiger partial charge in [-0.25, -0.2) is 4.39 Å². The van der Waals surface area contributed by atoms with Crippen molar-refractivity contribution in [2.45, 2.75) is 26.9 Å². The van der Waals surface area contributed by atoms with Crippen molar-refractivity contribution in [2.75, 3.05) is 12.9 Å². The Morgan fingerprint density at radius 3 is 2.08 bits per heavy atom. The second-order valence-electron chi connectivity index (χ2n) is 3.82. The van der Waals surface area contributed by atoms with E-state index in [2.05, 4.69) is 4.18 Å². The zero-order chi connectivity index (χ0) is 9.99. The molecule has 3 nitrogen and oxygen atoms in total. The van der Waals surface area contributed by atoms with Gasteiger partial charge in [0, 0.05) is 0 Å². The summed E-state index contributed by atoms with van der Waals surface area (Å²) < 4.78 is 38.3. The van der Waals surface area contributed by atoms with E-state index in [9.17, 15) is 12.8 Å². The summed E-state index contributed by atoms with van der Waals surface area (Å²) in [5.74, 6) is 0. The first-order chi connectivity index (χ1) is 5.13. The summed E-state index contributed by atoms with van der Waals surface area (Å²) in [6, 6.07) is 0. The van der Waals surface area contributed by atoms with Gasteiger partial charge in [-0.2, -0.15) is 8.42 Å². The first-order valence-electron chi connectivity index (χ1n) is 3.61. The zero-order valence-electron chi connectivity index (χ0n) is 7.80. The highest BCUT2D eigenvalue weighted by atomic mass is 32.2. The fourth-order valence-electron chi connectivity index (χ4n) is 0.433. The van der Waals surface area contributed by atoms with Crippen LogP contribution in [0.15, 0.2) is 0 Å². The first-order valence-corrected chi connectivity index (χ1v) is 5.43. The molecule has 0 aliphatic carbocycles. The second kappa shape index (κ2) is 3.70. The van der Waals surface area contributed by atoms with E-state index >= 15 is 0 Å². The topological polar surface area (TPSA) is 43.4 Å². The normalized spacial score (nSPS) is 16.1. The maximum atomic E-state index is 13.1. The van der Waals surface area contributed by atoms with Crippen LogP contribution in [-0.4, -0.2) is 27.5 Å². The molecule has 0 aromatic carbocycles. The highest BCUT2D eigenvalue weighted by Crippen LogP contribution is 2.22. The summed E-state index contributed by atoms with van der Waals surface area (Å²) in [4.78, 5) is 0. The highest BCUT2D eigenvalue weighted by molar-refractivity contribution is 7.85. The van der Waals surface area contributed by atoms with Gasteiger partial charge >= 0.3 is 0 Å². The smallest absolute Gasteiger partial charge is 0.264 e. The molecule has 0 saturated carbocycles. The van der Waals surface area contributed by atoms with Crippen LogP contribution in [0.5, 0.6) is 0 Å². The van der Waals surface area contributed by atoms with Gasteiger partial charge in [-0.3, -0.25) is 4.18 Å². The van der Waals surface area contributed by atoms with Gasteiger partial charge in [0.15, 0.2) is 0 Å². The van der Waals surface area contributed by atoms with Crippen molar-refractivity contribution in [1.29, 1.82) is 0 Å². The molecule has 0 aromatic rings. The summed E-state index contributed by atoms with van der Waals surface area (Å²) in [7, 11) is -3.52. The average molecular weight is 198 g/mol. The number of hydrogen-bond donors (Lipinski definition) is 0. The van der Waals surface area contributed by atoms with E-state index < -0.39 is 28.3 Å². The molecule has 0 heterocycles. The number of halogens is 1. The molecular weight excluding hydrogens is 183 g/mol. The quantitative estimate of drug-likeness (QED) is 0.643. The molecule has 1 unspecified atom stereocenters. The van der Waals surface area contributed by atoms with Crippen LogP contribution in [0.1, 0.15) is 20.8 Å². The van der Waals surface area contributed by atoms with Crippen molar-refractivity contribution >= 4 is 10.1 Å². The lowest BCUT2D eigenvalue weighted by Crippen LogP contribution is -2.27. The van der Waals surface area contributed by atoms with Gasteiger partial charge in [-0.1, -0.05) is 20.8 Å². The molecule has 5 heteroatoms. The Bertz CT molecular complexity index is 228. The molecule has 0 spiro atoms. The fourth-order valence-corrected chi connectivity index (χ4v) is 0.800. The van der Waals surface area contributed by atoms with E-state index in [-0.39, 0.29) is 0 Å². The minimum atomic E-state index is -3.52. The maximum absolute atomic E-state index is 13.1. The van der Waals surface area contributed by atoms with Crippen LogP contribution in [0.2, 0.25) is 0 Å². The Labute approximate surface area is 73.0 Å². The van der Waals surface area contributed by atoms with Gasteiger partial charge < -0.3 is 0 Å². The van der Waals surface area contributed by atoms with Crippen LogP contribution in [0.3, 0.4) is 0 Å². The second-order valence-corrected chi connectivity index (χ2v) is 5.47. The average Bonchev–Trinajstić information content (AvgIpc) is 1.78. The standard InChI is InChI=1S/C7H15FO3S/c1-7(2,3)6(8)5-11-12(4,9)10/h6H,5H2,1-4H3. The molecule has 0 N–H and O–H groups in total. The molecule has 0 radical (unpaired) electrons. The Balaban J connectivity index is 3.97. The van der Waals surface area contributed by atoms with E-state index in [0.29, 0.717) is 0 Å².